The van der Waals surface area contributed by atoms with E-state index in [1.54, 1.807) is 19.1 Å². The van der Waals surface area contributed by atoms with Crippen LogP contribution in [0.2, 0.25) is 0 Å². The Balaban J connectivity index is 3.00. The lowest BCUT2D eigenvalue weighted by molar-refractivity contribution is -0.139. The fourth-order valence-corrected chi connectivity index (χ4v) is 2.49. The minimum atomic E-state index is -3.93. The molecule has 0 saturated heterocycles. The molecule has 0 heterocycles. The lowest BCUT2D eigenvalue weighted by atomic mass is 10.2. The van der Waals surface area contributed by atoms with Crippen molar-refractivity contribution in [3.05, 3.63) is 29.8 Å². The van der Waals surface area contributed by atoms with Gasteiger partial charge in [0, 0.05) is 0 Å². The van der Waals surface area contributed by atoms with Crippen molar-refractivity contribution in [2.45, 2.75) is 17.9 Å². The normalized spacial score (nSPS) is 13.3. The van der Waals surface area contributed by atoms with Crippen LogP contribution in [-0.4, -0.2) is 37.2 Å². The van der Waals surface area contributed by atoms with Crippen molar-refractivity contribution < 1.29 is 23.4 Å². The van der Waals surface area contributed by atoms with E-state index in [2.05, 4.69) is 0 Å². The lowest BCUT2D eigenvalue weighted by Crippen LogP contribution is -2.43. The summed E-state index contributed by atoms with van der Waals surface area (Å²) in [6.07, 6.45) is 0. The second kappa shape index (κ2) is 5.26. The smallest absolute Gasteiger partial charge is 0.324 e. The first-order chi connectivity index (χ1) is 7.86. The Hall–Kier alpha value is -1.44. The molecule has 0 saturated carbocycles. The number of sulfonamides is 1. The first-order valence-corrected chi connectivity index (χ1v) is 6.28. The van der Waals surface area contributed by atoms with E-state index in [1.807, 2.05) is 4.72 Å². The highest BCUT2D eigenvalue weighted by Crippen LogP contribution is 2.11. The third-order valence-corrected chi connectivity index (χ3v) is 3.55. The van der Waals surface area contributed by atoms with E-state index in [1.165, 1.54) is 12.1 Å². The molecule has 0 aliphatic heterocycles. The van der Waals surface area contributed by atoms with Crippen LogP contribution in [0.1, 0.15) is 5.56 Å². The molecule has 0 aliphatic carbocycles. The van der Waals surface area contributed by atoms with E-state index < -0.39 is 28.6 Å². The Morgan fingerprint density at radius 1 is 1.47 bits per heavy atom. The topological polar surface area (TPSA) is 104 Å². The Bertz CT molecular complexity index is 511. The van der Waals surface area contributed by atoms with Crippen molar-refractivity contribution in [1.29, 1.82) is 0 Å². The number of aryl methyl sites for hydroxylation is 1. The maximum Gasteiger partial charge on any atom is 0.324 e. The zero-order valence-corrected chi connectivity index (χ0v) is 9.94. The molecule has 0 spiro atoms. The lowest BCUT2D eigenvalue weighted by Gasteiger charge is -2.12. The van der Waals surface area contributed by atoms with Crippen molar-refractivity contribution in [2.24, 2.45) is 0 Å². The van der Waals surface area contributed by atoms with Crippen LogP contribution in [0.15, 0.2) is 29.2 Å². The van der Waals surface area contributed by atoms with Crippen LogP contribution in [-0.2, 0) is 14.8 Å². The van der Waals surface area contributed by atoms with Crippen LogP contribution in [0.3, 0.4) is 0 Å². The minimum Gasteiger partial charge on any atom is -0.480 e. The van der Waals surface area contributed by atoms with E-state index in [9.17, 15) is 13.2 Å². The van der Waals surface area contributed by atoms with E-state index in [0.717, 1.165) is 5.56 Å². The molecule has 0 unspecified atom stereocenters. The molecule has 0 radical (unpaired) electrons. The van der Waals surface area contributed by atoms with Gasteiger partial charge < -0.3 is 10.2 Å². The summed E-state index contributed by atoms with van der Waals surface area (Å²) in [6, 6.07) is 4.50. The van der Waals surface area contributed by atoms with Crippen molar-refractivity contribution in [3.8, 4) is 0 Å². The second-order valence-corrected chi connectivity index (χ2v) is 5.23. The Kier molecular flexibility index (Phi) is 4.22. The van der Waals surface area contributed by atoms with Crippen molar-refractivity contribution in [3.63, 3.8) is 0 Å². The monoisotopic (exact) mass is 259 g/mol. The molecule has 0 aliphatic rings. The van der Waals surface area contributed by atoms with Gasteiger partial charge in [-0.15, -0.1) is 0 Å². The summed E-state index contributed by atoms with van der Waals surface area (Å²) in [5.41, 5.74) is 0.740. The Morgan fingerprint density at radius 3 is 2.59 bits per heavy atom. The standard InChI is InChI=1S/C10H13NO5S/c1-7-3-2-4-8(5-7)17(15,16)11-9(6-12)10(13)14/h2-5,9,11-12H,6H2,1H3,(H,13,14)/t9-/m0/s1. The van der Waals surface area contributed by atoms with Gasteiger partial charge in [-0.25, -0.2) is 8.42 Å². The molecule has 0 amide bonds. The number of hydrogen-bond acceptors (Lipinski definition) is 4. The quantitative estimate of drug-likeness (QED) is 0.674. The highest BCUT2D eigenvalue weighted by Gasteiger charge is 2.24. The van der Waals surface area contributed by atoms with Gasteiger partial charge >= 0.3 is 5.97 Å². The van der Waals surface area contributed by atoms with Crippen LogP contribution in [0.5, 0.6) is 0 Å². The van der Waals surface area contributed by atoms with E-state index in [4.69, 9.17) is 10.2 Å². The number of carboxylic acid groups (broad SMARTS) is 1. The number of aliphatic hydroxyl groups is 1. The number of nitrogens with one attached hydrogen (secondary N) is 1. The first-order valence-electron chi connectivity index (χ1n) is 4.79. The van der Waals surface area contributed by atoms with Crippen molar-refractivity contribution in [2.75, 3.05) is 6.61 Å². The number of rotatable bonds is 5. The molecule has 94 valence electrons. The van der Waals surface area contributed by atoms with Gasteiger partial charge in [-0.2, -0.15) is 4.72 Å². The summed E-state index contributed by atoms with van der Waals surface area (Å²) >= 11 is 0. The maximum absolute atomic E-state index is 11.8. The number of aliphatic hydroxyl groups excluding tert-OH is 1. The summed E-state index contributed by atoms with van der Waals surface area (Å²) in [4.78, 5) is 10.6. The molecule has 6 nitrogen and oxygen atoms in total. The molecule has 1 aromatic rings. The fraction of sp³-hybridized carbons (Fsp3) is 0.300. The molecule has 1 rings (SSSR count). The molecular formula is C10H13NO5S. The van der Waals surface area contributed by atoms with Crippen LogP contribution >= 0.6 is 0 Å². The van der Waals surface area contributed by atoms with Crippen molar-refractivity contribution in [1.82, 2.24) is 4.72 Å². The highest BCUT2D eigenvalue weighted by molar-refractivity contribution is 7.89. The highest BCUT2D eigenvalue weighted by atomic mass is 32.2. The Labute approximate surface area is 99.0 Å². The maximum atomic E-state index is 11.8. The molecule has 17 heavy (non-hydrogen) atoms. The molecule has 0 bridgehead atoms. The average molecular weight is 259 g/mol. The number of carbonyl (C=O) groups is 1. The summed E-state index contributed by atoms with van der Waals surface area (Å²) < 4.78 is 25.5. The number of carboxylic acids is 1. The van der Waals surface area contributed by atoms with Gasteiger partial charge in [-0.1, -0.05) is 12.1 Å². The van der Waals surface area contributed by atoms with E-state index >= 15 is 0 Å². The van der Waals surface area contributed by atoms with Crippen LogP contribution in [0.25, 0.3) is 0 Å². The SMILES string of the molecule is Cc1cccc(S(=O)(=O)N[C@@H](CO)C(=O)O)c1. The van der Waals surface area contributed by atoms with Crippen molar-refractivity contribution >= 4 is 16.0 Å². The zero-order valence-electron chi connectivity index (χ0n) is 9.12. The van der Waals surface area contributed by atoms with E-state index in [0.29, 0.717) is 0 Å². The van der Waals surface area contributed by atoms with Gasteiger partial charge in [-0.05, 0) is 24.6 Å². The summed E-state index contributed by atoms with van der Waals surface area (Å²) in [5, 5.41) is 17.4. The number of hydrogen-bond donors (Lipinski definition) is 3. The van der Waals surface area contributed by atoms with Gasteiger partial charge in [0.05, 0.1) is 11.5 Å². The zero-order chi connectivity index (χ0) is 13.1. The van der Waals surface area contributed by atoms with Crippen LogP contribution in [0.4, 0.5) is 0 Å². The Morgan fingerprint density at radius 2 is 2.12 bits per heavy atom. The van der Waals surface area contributed by atoms with E-state index in [-0.39, 0.29) is 4.90 Å². The summed E-state index contributed by atoms with van der Waals surface area (Å²) in [5.74, 6) is -1.43. The molecule has 1 aromatic carbocycles. The minimum absolute atomic E-state index is 0.0304. The first kappa shape index (κ1) is 13.6. The average Bonchev–Trinajstić information content (AvgIpc) is 2.25. The van der Waals surface area contributed by atoms with Gasteiger partial charge in [-0.3, -0.25) is 4.79 Å². The van der Waals surface area contributed by atoms with Gasteiger partial charge in [0.15, 0.2) is 0 Å². The predicted molar refractivity (Wildman–Crippen MR) is 60.0 cm³/mol. The largest absolute Gasteiger partial charge is 0.480 e. The van der Waals surface area contributed by atoms with Crippen LogP contribution in [0, 0.1) is 6.92 Å². The summed E-state index contributed by atoms with van der Waals surface area (Å²) in [6.45, 7) is 0.917. The second-order valence-electron chi connectivity index (χ2n) is 3.51. The molecule has 1 atom stereocenters. The van der Waals surface area contributed by atoms with Gasteiger partial charge in [0.25, 0.3) is 0 Å². The fourth-order valence-electron chi connectivity index (χ4n) is 1.20. The predicted octanol–water partition coefficient (Wildman–Crippen LogP) is -0.281. The third-order valence-electron chi connectivity index (χ3n) is 2.08. The molecule has 0 aromatic heterocycles. The molecular weight excluding hydrogens is 246 g/mol. The number of aliphatic carboxylic acids is 1. The molecule has 7 heteroatoms. The van der Waals surface area contributed by atoms with Gasteiger partial charge in [0.2, 0.25) is 10.0 Å². The molecule has 0 fully saturated rings. The molecule has 3 N–H and O–H groups in total. The van der Waals surface area contributed by atoms with Gasteiger partial charge in [0.1, 0.15) is 6.04 Å². The third kappa shape index (κ3) is 3.52. The van der Waals surface area contributed by atoms with Crippen LogP contribution < -0.4 is 4.72 Å². The summed E-state index contributed by atoms with van der Waals surface area (Å²) in [7, 11) is -3.93. The number of benzene rings is 1.